The first-order chi connectivity index (χ1) is 6.93. The molecule has 0 fully saturated rings. The molecule has 0 spiro atoms. The second-order valence-electron chi connectivity index (χ2n) is 4.29. The number of fused-ring (bicyclic) bond motifs is 1. The quantitative estimate of drug-likeness (QED) is 0.757. The van der Waals surface area contributed by atoms with E-state index in [0.29, 0.717) is 16.3 Å². The second-order valence-corrected chi connectivity index (χ2v) is 6.33. The molecule has 2 rings (SSSR count). The summed E-state index contributed by atoms with van der Waals surface area (Å²) < 4.78 is 13.5. The van der Waals surface area contributed by atoms with E-state index in [2.05, 4.69) is 13.8 Å². The lowest BCUT2D eigenvalue weighted by atomic mass is 9.91. The van der Waals surface area contributed by atoms with Gasteiger partial charge in [-0.05, 0) is 31.5 Å². The molecule has 1 unspecified atom stereocenters. The van der Waals surface area contributed by atoms with Crippen LogP contribution in [0.4, 0.5) is 4.39 Å². The Balaban J connectivity index is 2.60. The van der Waals surface area contributed by atoms with E-state index in [-0.39, 0.29) is 16.6 Å². The normalized spacial score (nSPS) is 23.7. The second kappa shape index (κ2) is 3.65. The van der Waals surface area contributed by atoms with Crippen molar-refractivity contribution in [1.29, 1.82) is 0 Å². The van der Waals surface area contributed by atoms with Gasteiger partial charge in [-0.25, -0.2) is 4.39 Å². The van der Waals surface area contributed by atoms with Gasteiger partial charge in [-0.1, -0.05) is 11.6 Å². The van der Waals surface area contributed by atoms with E-state index in [4.69, 9.17) is 17.3 Å². The van der Waals surface area contributed by atoms with Gasteiger partial charge in [0.05, 0.1) is 0 Å². The van der Waals surface area contributed by atoms with Crippen LogP contribution < -0.4 is 5.73 Å². The highest BCUT2D eigenvalue weighted by atomic mass is 35.5. The number of nitrogens with two attached hydrogens (primary N) is 1. The third-order valence-corrected chi connectivity index (χ3v) is 4.66. The standard InChI is InChI=1S/C11H13ClFNS/c1-11(2)10(14)9-6(5-15-11)8(13)4-3-7(9)12/h3-4,10H,5,14H2,1-2H3. The number of halogens is 2. The van der Waals surface area contributed by atoms with Gasteiger partial charge in [0, 0.05) is 27.1 Å². The molecule has 0 bridgehead atoms. The molecule has 0 amide bonds. The minimum atomic E-state index is -0.213. The SMILES string of the molecule is CC1(C)SCc2c(F)ccc(Cl)c2C1N. The van der Waals surface area contributed by atoms with Crippen molar-refractivity contribution in [2.24, 2.45) is 5.73 Å². The maximum absolute atomic E-state index is 13.5. The molecule has 0 aliphatic carbocycles. The highest BCUT2D eigenvalue weighted by Crippen LogP contribution is 2.47. The number of hydrogen-bond acceptors (Lipinski definition) is 2. The van der Waals surface area contributed by atoms with E-state index in [1.165, 1.54) is 6.07 Å². The van der Waals surface area contributed by atoms with Crippen LogP contribution in [0.25, 0.3) is 0 Å². The zero-order valence-corrected chi connectivity index (χ0v) is 10.3. The van der Waals surface area contributed by atoms with Gasteiger partial charge in [0.15, 0.2) is 0 Å². The number of rotatable bonds is 0. The van der Waals surface area contributed by atoms with Crippen molar-refractivity contribution in [2.45, 2.75) is 30.4 Å². The average molecular weight is 246 g/mol. The van der Waals surface area contributed by atoms with Crippen molar-refractivity contribution in [2.75, 3.05) is 0 Å². The van der Waals surface area contributed by atoms with E-state index in [1.807, 2.05) is 0 Å². The van der Waals surface area contributed by atoms with Gasteiger partial charge in [0.25, 0.3) is 0 Å². The molecular weight excluding hydrogens is 233 g/mol. The Bertz CT molecular complexity index is 406. The Morgan fingerprint density at radius 3 is 2.87 bits per heavy atom. The van der Waals surface area contributed by atoms with Gasteiger partial charge in [-0.15, -0.1) is 11.8 Å². The van der Waals surface area contributed by atoms with Crippen LogP contribution in [0.3, 0.4) is 0 Å². The molecule has 1 aliphatic heterocycles. The van der Waals surface area contributed by atoms with Gasteiger partial charge in [0.2, 0.25) is 0 Å². The predicted octanol–water partition coefficient (Wildman–Crippen LogP) is 3.50. The van der Waals surface area contributed by atoms with Crippen LogP contribution in [0.15, 0.2) is 12.1 Å². The number of hydrogen-bond donors (Lipinski definition) is 1. The zero-order valence-electron chi connectivity index (χ0n) is 8.68. The first-order valence-electron chi connectivity index (χ1n) is 4.80. The smallest absolute Gasteiger partial charge is 0.127 e. The zero-order chi connectivity index (χ0) is 11.2. The van der Waals surface area contributed by atoms with Crippen LogP contribution in [-0.4, -0.2) is 4.75 Å². The molecule has 0 radical (unpaired) electrons. The molecule has 4 heteroatoms. The molecule has 1 aromatic carbocycles. The minimum absolute atomic E-state index is 0.0928. The maximum Gasteiger partial charge on any atom is 0.127 e. The number of benzene rings is 1. The Labute approximate surface area is 98.2 Å². The molecule has 1 aliphatic rings. The lowest BCUT2D eigenvalue weighted by Gasteiger charge is -2.37. The van der Waals surface area contributed by atoms with Crippen LogP contribution in [0.2, 0.25) is 5.02 Å². The van der Waals surface area contributed by atoms with Crippen molar-refractivity contribution in [3.8, 4) is 0 Å². The molecule has 0 saturated carbocycles. The first-order valence-corrected chi connectivity index (χ1v) is 6.16. The van der Waals surface area contributed by atoms with Gasteiger partial charge in [0.1, 0.15) is 5.82 Å². The summed E-state index contributed by atoms with van der Waals surface area (Å²) in [5, 5.41) is 0.576. The largest absolute Gasteiger partial charge is 0.323 e. The molecular formula is C11H13ClFNS. The minimum Gasteiger partial charge on any atom is -0.323 e. The Hall–Kier alpha value is -0.250. The third kappa shape index (κ3) is 1.77. The molecule has 1 heterocycles. The van der Waals surface area contributed by atoms with Gasteiger partial charge >= 0.3 is 0 Å². The monoisotopic (exact) mass is 245 g/mol. The average Bonchev–Trinajstić information content (AvgIpc) is 2.16. The molecule has 1 nitrogen and oxygen atoms in total. The van der Waals surface area contributed by atoms with Crippen molar-refractivity contribution in [3.63, 3.8) is 0 Å². The lowest BCUT2D eigenvalue weighted by Crippen LogP contribution is -2.36. The Morgan fingerprint density at radius 1 is 1.53 bits per heavy atom. The van der Waals surface area contributed by atoms with Crippen LogP contribution in [0.5, 0.6) is 0 Å². The van der Waals surface area contributed by atoms with Crippen LogP contribution >= 0.6 is 23.4 Å². The lowest BCUT2D eigenvalue weighted by molar-refractivity contribution is 0.537. The fraction of sp³-hybridized carbons (Fsp3) is 0.455. The van der Waals surface area contributed by atoms with Crippen LogP contribution in [0.1, 0.15) is 31.0 Å². The molecule has 0 saturated heterocycles. The van der Waals surface area contributed by atoms with Crippen molar-refractivity contribution in [3.05, 3.63) is 34.1 Å². The Kier molecular flexibility index (Phi) is 2.73. The summed E-state index contributed by atoms with van der Waals surface area (Å²) in [6.07, 6.45) is 0. The van der Waals surface area contributed by atoms with E-state index < -0.39 is 0 Å². The van der Waals surface area contributed by atoms with Crippen molar-refractivity contribution < 1.29 is 4.39 Å². The Morgan fingerprint density at radius 2 is 2.20 bits per heavy atom. The predicted molar refractivity (Wildman–Crippen MR) is 63.7 cm³/mol. The summed E-state index contributed by atoms with van der Waals surface area (Å²) in [4.78, 5) is 0. The fourth-order valence-corrected chi connectivity index (χ4v) is 3.19. The summed E-state index contributed by atoms with van der Waals surface area (Å²) in [6, 6.07) is 2.78. The molecule has 1 aromatic rings. The summed E-state index contributed by atoms with van der Waals surface area (Å²) in [5.41, 5.74) is 7.57. The van der Waals surface area contributed by atoms with Gasteiger partial charge in [-0.3, -0.25) is 0 Å². The fourth-order valence-electron chi connectivity index (χ4n) is 1.79. The van der Waals surface area contributed by atoms with Gasteiger partial charge in [-0.2, -0.15) is 0 Å². The maximum atomic E-state index is 13.5. The summed E-state index contributed by atoms with van der Waals surface area (Å²) in [7, 11) is 0. The van der Waals surface area contributed by atoms with Crippen molar-refractivity contribution in [1.82, 2.24) is 0 Å². The molecule has 82 valence electrons. The van der Waals surface area contributed by atoms with Crippen molar-refractivity contribution >= 4 is 23.4 Å². The summed E-state index contributed by atoms with van der Waals surface area (Å²) >= 11 is 7.75. The van der Waals surface area contributed by atoms with E-state index >= 15 is 0 Å². The number of thioether (sulfide) groups is 1. The first kappa shape index (κ1) is 11.2. The molecule has 15 heavy (non-hydrogen) atoms. The topological polar surface area (TPSA) is 26.0 Å². The molecule has 1 atom stereocenters. The highest BCUT2D eigenvalue weighted by Gasteiger charge is 2.36. The van der Waals surface area contributed by atoms with Crippen LogP contribution in [-0.2, 0) is 5.75 Å². The highest BCUT2D eigenvalue weighted by molar-refractivity contribution is 8.00. The third-order valence-electron chi connectivity index (χ3n) is 2.90. The molecule has 2 N–H and O–H groups in total. The van der Waals surface area contributed by atoms with Gasteiger partial charge < -0.3 is 5.73 Å². The van der Waals surface area contributed by atoms with E-state index in [0.717, 1.165) is 5.56 Å². The summed E-state index contributed by atoms with van der Waals surface area (Å²) in [5.74, 6) is 0.440. The molecule has 0 aromatic heterocycles. The van der Waals surface area contributed by atoms with E-state index in [1.54, 1.807) is 17.8 Å². The van der Waals surface area contributed by atoms with E-state index in [9.17, 15) is 4.39 Å². The summed E-state index contributed by atoms with van der Waals surface area (Å²) in [6.45, 7) is 4.12. The van der Waals surface area contributed by atoms with Crippen LogP contribution in [0, 0.1) is 5.82 Å².